The van der Waals surface area contributed by atoms with E-state index in [1.807, 2.05) is 6.92 Å². The lowest BCUT2D eigenvalue weighted by molar-refractivity contribution is 0.138. The fourth-order valence-corrected chi connectivity index (χ4v) is 1.77. The molecule has 2 nitrogen and oxygen atoms in total. The first-order chi connectivity index (χ1) is 5.09. The lowest BCUT2D eigenvalue weighted by atomic mass is 10.0. The average molecular weight is 157 g/mol. The quantitative estimate of drug-likeness (QED) is 0.645. The van der Waals surface area contributed by atoms with Crippen LogP contribution in [-0.4, -0.2) is 35.7 Å². The Bertz CT molecular complexity index is 112. The first-order valence-corrected chi connectivity index (χ1v) is 4.50. The van der Waals surface area contributed by atoms with Crippen LogP contribution in [0.4, 0.5) is 0 Å². The van der Waals surface area contributed by atoms with Crippen molar-refractivity contribution in [2.45, 2.75) is 26.9 Å². The summed E-state index contributed by atoms with van der Waals surface area (Å²) in [7, 11) is 0. The SMILES string of the molecule is CC1CN(C[C@@H](C)O)CC1C. The van der Waals surface area contributed by atoms with E-state index in [2.05, 4.69) is 18.7 Å². The van der Waals surface area contributed by atoms with Crippen LogP contribution in [0.3, 0.4) is 0 Å². The fraction of sp³-hybridized carbons (Fsp3) is 1.00. The molecule has 0 aromatic heterocycles. The molecule has 0 aromatic carbocycles. The van der Waals surface area contributed by atoms with Crippen molar-refractivity contribution in [3.63, 3.8) is 0 Å². The number of likely N-dealkylation sites (tertiary alicyclic amines) is 1. The number of nitrogens with zero attached hydrogens (tertiary/aromatic N) is 1. The number of rotatable bonds is 2. The molecule has 1 fully saturated rings. The Morgan fingerprint density at radius 1 is 1.36 bits per heavy atom. The summed E-state index contributed by atoms with van der Waals surface area (Å²) in [5.41, 5.74) is 0. The van der Waals surface area contributed by atoms with E-state index in [0.717, 1.165) is 31.5 Å². The predicted molar refractivity (Wildman–Crippen MR) is 46.4 cm³/mol. The van der Waals surface area contributed by atoms with Gasteiger partial charge in [-0.25, -0.2) is 0 Å². The number of aliphatic hydroxyl groups excluding tert-OH is 1. The highest BCUT2D eigenvalue weighted by atomic mass is 16.3. The standard InChI is InChI=1S/C9H19NO/c1-7-4-10(5-8(7)2)6-9(3)11/h7-9,11H,4-6H2,1-3H3/t7?,8?,9-/m1/s1. The smallest absolute Gasteiger partial charge is 0.0639 e. The summed E-state index contributed by atoms with van der Waals surface area (Å²) in [6.45, 7) is 9.58. The molecule has 3 atom stereocenters. The van der Waals surface area contributed by atoms with Crippen molar-refractivity contribution in [3.05, 3.63) is 0 Å². The number of hydrogen-bond donors (Lipinski definition) is 1. The van der Waals surface area contributed by atoms with E-state index >= 15 is 0 Å². The first kappa shape index (κ1) is 9.01. The van der Waals surface area contributed by atoms with E-state index < -0.39 is 0 Å². The average Bonchev–Trinajstić information content (AvgIpc) is 2.10. The molecular weight excluding hydrogens is 138 g/mol. The molecule has 1 rings (SSSR count). The van der Waals surface area contributed by atoms with E-state index in [4.69, 9.17) is 5.11 Å². The van der Waals surface area contributed by atoms with Crippen molar-refractivity contribution < 1.29 is 5.11 Å². The Balaban J connectivity index is 2.29. The van der Waals surface area contributed by atoms with Crippen LogP contribution >= 0.6 is 0 Å². The van der Waals surface area contributed by atoms with Gasteiger partial charge in [-0.05, 0) is 18.8 Å². The maximum Gasteiger partial charge on any atom is 0.0639 e. The summed E-state index contributed by atoms with van der Waals surface area (Å²) in [5, 5.41) is 9.14. The van der Waals surface area contributed by atoms with Gasteiger partial charge in [-0.2, -0.15) is 0 Å². The van der Waals surface area contributed by atoms with Gasteiger partial charge in [0.15, 0.2) is 0 Å². The second kappa shape index (κ2) is 3.55. The lowest BCUT2D eigenvalue weighted by Crippen LogP contribution is -2.29. The number of hydrogen-bond acceptors (Lipinski definition) is 2. The summed E-state index contributed by atoms with van der Waals surface area (Å²) < 4.78 is 0. The molecule has 1 aliphatic rings. The molecule has 0 radical (unpaired) electrons. The van der Waals surface area contributed by atoms with Gasteiger partial charge < -0.3 is 10.0 Å². The summed E-state index contributed by atoms with van der Waals surface area (Å²) in [5.74, 6) is 1.60. The van der Waals surface area contributed by atoms with E-state index in [1.165, 1.54) is 0 Å². The normalized spacial score (nSPS) is 36.0. The number of β-amino-alcohol motifs (C(OH)–C–C–N with tert-alkyl or cyclic N) is 1. The summed E-state index contributed by atoms with van der Waals surface area (Å²) >= 11 is 0. The van der Waals surface area contributed by atoms with Crippen LogP contribution in [0.5, 0.6) is 0 Å². The molecular formula is C9H19NO. The Kier molecular flexibility index (Phi) is 2.90. The zero-order valence-electron chi connectivity index (χ0n) is 7.75. The third-order valence-electron chi connectivity index (χ3n) is 2.59. The summed E-state index contributed by atoms with van der Waals surface area (Å²) in [6, 6.07) is 0. The van der Waals surface area contributed by atoms with Gasteiger partial charge in [0.1, 0.15) is 0 Å². The minimum absolute atomic E-state index is 0.174. The van der Waals surface area contributed by atoms with Crippen molar-refractivity contribution in [1.29, 1.82) is 0 Å². The van der Waals surface area contributed by atoms with E-state index in [1.54, 1.807) is 0 Å². The van der Waals surface area contributed by atoms with Gasteiger partial charge in [0.2, 0.25) is 0 Å². The zero-order chi connectivity index (χ0) is 8.43. The van der Waals surface area contributed by atoms with E-state index in [0.29, 0.717) is 0 Å². The van der Waals surface area contributed by atoms with Crippen LogP contribution in [0.2, 0.25) is 0 Å². The molecule has 0 spiro atoms. The second-order valence-electron chi connectivity index (χ2n) is 4.02. The summed E-state index contributed by atoms with van der Waals surface area (Å²) in [6.07, 6.45) is -0.174. The van der Waals surface area contributed by atoms with Crippen molar-refractivity contribution in [1.82, 2.24) is 4.90 Å². The summed E-state index contributed by atoms with van der Waals surface area (Å²) in [4.78, 5) is 2.35. The minimum atomic E-state index is -0.174. The number of aliphatic hydroxyl groups is 1. The molecule has 0 aromatic rings. The van der Waals surface area contributed by atoms with Gasteiger partial charge in [0, 0.05) is 19.6 Å². The maximum atomic E-state index is 9.14. The molecule has 0 saturated carbocycles. The highest BCUT2D eigenvalue weighted by Gasteiger charge is 2.25. The van der Waals surface area contributed by atoms with Crippen LogP contribution in [-0.2, 0) is 0 Å². The Labute approximate surface area is 69.2 Å². The third-order valence-corrected chi connectivity index (χ3v) is 2.59. The molecule has 0 bridgehead atoms. The monoisotopic (exact) mass is 157 g/mol. The molecule has 0 aliphatic carbocycles. The van der Waals surface area contributed by atoms with Crippen molar-refractivity contribution >= 4 is 0 Å². The molecule has 1 saturated heterocycles. The predicted octanol–water partition coefficient (Wildman–Crippen LogP) is 0.955. The van der Waals surface area contributed by atoms with Crippen LogP contribution in [0, 0.1) is 11.8 Å². The Morgan fingerprint density at radius 3 is 2.18 bits per heavy atom. The molecule has 1 aliphatic heterocycles. The van der Waals surface area contributed by atoms with Gasteiger partial charge in [0.25, 0.3) is 0 Å². The van der Waals surface area contributed by atoms with Crippen molar-refractivity contribution in [2.24, 2.45) is 11.8 Å². The fourth-order valence-electron chi connectivity index (χ4n) is 1.77. The van der Waals surface area contributed by atoms with Crippen LogP contribution < -0.4 is 0 Å². The van der Waals surface area contributed by atoms with Gasteiger partial charge >= 0.3 is 0 Å². The van der Waals surface area contributed by atoms with Crippen LogP contribution in [0.15, 0.2) is 0 Å². The van der Waals surface area contributed by atoms with E-state index in [9.17, 15) is 0 Å². The molecule has 1 heterocycles. The van der Waals surface area contributed by atoms with Gasteiger partial charge in [-0.15, -0.1) is 0 Å². The zero-order valence-corrected chi connectivity index (χ0v) is 7.75. The van der Waals surface area contributed by atoms with Crippen molar-refractivity contribution in [2.75, 3.05) is 19.6 Å². The van der Waals surface area contributed by atoms with Crippen LogP contribution in [0.25, 0.3) is 0 Å². The molecule has 0 amide bonds. The lowest BCUT2D eigenvalue weighted by Gasteiger charge is -2.16. The molecule has 1 N–H and O–H groups in total. The van der Waals surface area contributed by atoms with E-state index in [-0.39, 0.29) is 6.10 Å². The molecule has 2 unspecified atom stereocenters. The van der Waals surface area contributed by atoms with Gasteiger partial charge in [-0.1, -0.05) is 13.8 Å². The minimum Gasteiger partial charge on any atom is -0.392 e. The first-order valence-electron chi connectivity index (χ1n) is 4.50. The highest BCUT2D eigenvalue weighted by molar-refractivity contribution is 4.79. The second-order valence-corrected chi connectivity index (χ2v) is 4.02. The highest BCUT2D eigenvalue weighted by Crippen LogP contribution is 2.21. The Hall–Kier alpha value is -0.0800. The topological polar surface area (TPSA) is 23.5 Å². The van der Waals surface area contributed by atoms with Gasteiger partial charge in [0.05, 0.1) is 6.10 Å². The van der Waals surface area contributed by atoms with Crippen molar-refractivity contribution in [3.8, 4) is 0 Å². The molecule has 66 valence electrons. The third kappa shape index (κ3) is 2.46. The largest absolute Gasteiger partial charge is 0.392 e. The Morgan fingerprint density at radius 2 is 1.82 bits per heavy atom. The molecule has 11 heavy (non-hydrogen) atoms. The molecule has 2 heteroatoms. The maximum absolute atomic E-state index is 9.14. The van der Waals surface area contributed by atoms with Gasteiger partial charge in [-0.3, -0.25) is 0 Å². The van der Waals surface area contributed by atoms with Crippen LogP contribution in [0.1, 0.15) is 20.8 Å².